The average Bonchev–Trinajstić information content (AvgIpc) is 2.26. The molecule has 1 aromatic rings. The standard InChI is InChI=1S/C12H13ClO3/c1-8(2)11(14)7-16-12(15)9-3-5-10(13)6-4-9/h3-6,8H,7H2,1-2H3. The number of ether oxygens (including phenoxy) is 1. The Morgan fingerprint density at radius 3 is 2.31 bits per heavy atom. The molecule has 3 nitrogen and oxygen atoms in total. The summed E-state index contributed by atoms with van der Waals surface area (Å²) in [7, 11) is 0. The lowest BCUT2D eigenvalue weighted by Gasteiger charge is -2.06. The van der Waals surface area contributed by atoms with Crippen molar-refractivity contribution >= 4 is 23.4 Å². The Kier molecular flexibility index (Phi) is 4.50. The highest BCUT2D eigenvalue weighted by atomic mass is 35.5. The highest BCUT2D eigenvalue weighted by molar-refractivity contribution is 6.30. The van der Waals surface area contributed by atoms with E-state index in [-0.39, 0.29) is 18.3 Å². The van der Waals surface area contributed by atoms with Gasteiger partial charge in [0, 0.05) is 10.9 Å². The van der Waals surface area contributed by atoms with Crippen LogP contribution in [0.3, 0.4) is 0 Å². The number of hydrogen-bond donors (Lipinski definition) is 0. The monoisotopic (exact) mass is 240 g/mol. The van der Waals surface area contributed by atoms with Gasteiger partial charge >= 0.3 is 5.97 Å². The molecule has 0 aliphatic heterocycles. The van der Waals surface area contributed by atoms with Crippen molar-refractivity contribution in [1.82, 2.24) is 0 Å². The molecule has 0 unspecified atom stereocenters. The zero-order valence-corrected chi connectivity index (χ0v) is 9.95. The lowest BCUT2D eigenvalue weighted by Crippen LogP contribution is -2.18. The highest BCUT2D eigenvalue weighted by Gasteiger charge is 2.12. The number of ketones is 1. The molecule has 0 bridgehead atoms. The van der Waals surface area contributed by atoms with Crippen molar-refractivity contribution in [3.05, 3.63) is 34.9 Å². The third kappa shape index (κ3) is 3.66. The van der Waals surface area contributed by atoms with Crippen molar-refractivity contribution in [1.29, 1.82) is 0 Å². The summed E-state index contributed by atoms with van der Waals surface area (Å²) in [5.41, 5.74) is 0.390. The van der Waals surface area contributed by atoms with Crippen LogP contribution in [0.1, 0.15) is 24.2 Å². The predicted octanol–water partition coefficient (Wildman–Crippen LogP) is 2.72. The fraction of sp³-hybridized carbons (Fsp3) is 0.333. The Morgan fingerprint density at radius 2 is 1.81 bits per heavy atom. The van der Waals surface area contributed by atoms with Crippen molar-refractivity contribution in [2.24, 2.45) is 5.92 Å². The number of hydrogen-bond acceptors (Lipinski definition) is 3. The molecule has 1 rings (SSSR count). The van der Waals surface area contributed by atoms with Gasteiger partial charge in [0.05, 0.1) is 5.56 Å². The second kappa shape index (κ2) is 5.66. The van der Waals surface area contributed by atoms with E-state index < -0.39 is 5.97 Å². The number of Topliss-reactive ketones (excluding diaryl/α,β-unsaturated/α-hetero) is 1. The van der Waals surface area contributed by atoms with Crippen LogP contribution < -0.4 is 0 Å². The molecule has 86 valence electrons. The summed E-state index contributed by atoms with van der Waals surface area (Å²) in [6.45, 7) is 3.34. The Balaban J connectivity index is 2.53. The third-order valence-corrected chi connectivity index (χ3v) is 2.32. The van der Waals surface area contributed by atoms with Gasteiger partial charge in [0.15, 0.2) is 12.4 Å². The molecule has 0 aliphatic rings. The normalized spacial score (nSPS) is 10.2. The van der Waals surface area contributed by atoms with Crippen molar-refractivity contribution < 1.29 is 14.3 Å². The zero-order valence-electron chi connectivity index (χ0n) is 9.20. The molecule has 0 saturated heterocycles. The number of carbonyl (C=O) groups excluding carboxylic acids is 2. The lowest BCUT2D eigenvalue weighted by atomic mass is 10.1. The minimum atomic E-state index is -0.509. The smallest absolute Gasteiger partial charge is 0.338 e. The summed E-state index contributed by atoms with van der Waals surface area (Å²) < 4.78 is 4.86. The predicted molar refractivity (Wildman–Crippen MR) is 61.6 cm³/mol. The Morgan fingerprint density at radius 1 is 1.25 bits per heavy atom. The third-order valence-electron chi connectivity index (χ3n) is 2.07. The van der Waals surface area contributed by atoms with E-state index in [4.69, 9.17) is 16.3 Å². The van der Waals surface area contributed by atoms with E-state index in [1.165, 1.54) is 0 Å². The topological polar surface area (TPSA) is 43.4 Å². The van der Waals surface area contributed by atoms with Crippen molar-refractivity contribution in [3.8, 4) is 0 Å². The molecule has 0 fully saturated rings. The van der Waals surface area contributed by atoms with Gasteiger partial charge in [-0.3, -0.25) is 4.79 Å². The molecular formula is C12H13ClO3. The van der Waals surface area contributed by atoms with Gasteiger partial charge < -0.3 is 4.74 Å². The Bertz CT molecular complexity index is 382. The molecule has 1 aromatic carbocycles. The fourth-order valence-corrected chi connectivity index (χ4v) is 1.10. The van der Waals surface area contributed by atoms with Gasteiger partial charge in [-0.1, -0.05) is 25.4 Å². The largest absolute Gasteiger partial charge is 0.454 e. The van der Waals surface area contributed by atoms with E-state index >= 15 is 0 Å². The van der Waals surface area contributed by atoms with Crippen molar-refractivity contribution in [2.45, 2.75) is 13.8 Å². The van der Waals surface area contributed by atoms with Crippen LogP contribution in [0.5, 0.6) is 0 Å². The van der Waals surface area contributed by atoms with E-state index in [2.05, 4.69) is 0 Å². The molecule has 0 saturated carbocycles. The van der Waals surface area contributed by atoms with E-state index in [0.29, 0.717) is 10.6 Å². The van der Waals surface area contributed by atoms with E-state index in [1.54, 1.807) is 38.1 Å². The van der Waals surface area contributed by atoms with Gasteiger partial charge in [0.1, 0.15) is 0 Å². The van der Waals surface area contributed by atoms with Crippen LogP contribution in [0.25, 0.3) is 0 Å². The summed E-state index contributed by atoms with van der Waals surface area (Å²) in [4.78, 5) is 22.7. The Labute approximate surface area is 99.4 Å². The quantitative estimate of drug-likeness (QED) is 0.760. The molecule has 0 heterocycles. The number of carbonyl (C=O) groups is 2. The van der Waals surface area contributed by atoms with Crippen LogP contribution in [0, 0.1) is 5.92 Å². The maximum Gasteiger partial charge on any atom is 0.338 e. The number of halogens is 1. The zero-order chi connectivity index (χ0) is 12.1. The van der Waals surface area contributed by atoms with Gasteiger partial charge in [-0.2, -0.15) is 0 Å². The van der Waals surface area contributed by atoms with Gasteiger partial charge in [-0.25, -0.2) is 4.79 Å². The molecule has 0 spiro atoms. The summed E-state index contributed by atoms with van der Waals surface area (Å²) >= 11 is 5.68. The first-order valence-corrected chi connectivity index (χ1v) is 5.34. The molecule has 0 atom stereocenters. The number of benzene rings is 1. The summed E-state index contributed by atoms with van der Waals surface area (Å²) in [6, 6.07) is 6.32. The molecular weight excluding hydrogens is 228 g/mol. The van der Waals surface area contributed by atoms with E-state index in [1.807, 2.05) is 0 Å². The van der Waals surface area contributed by atoms with Crippen LogP contribution in [0.4, 0.5) is 0 Å². The van der Waals surface area contributed by atoms with Gasteiger partial charge in [-0.15, -0.1) is 0 Å². The first-order valence-electron chi connectivity index (χ1n) is 4.96. The van der Waals surface area contributed by atoms with Gasteiger partial charge in [-0.05, 0) is 24.3 Å². The van der Waals surface area contributed by atoms with Crippen LogP contribution in [-0.2, 0) is 9.53 Å². The molecule has 0 aromatic heterocycles. The molecule has 0 amide bonds. The minimum Gasteiger partial charge on any atom is -0.454 e. The maximum atomic E-state index is 11.5. The van der Waals surface area contributed by atoms with Gasteiger partial charge in [0.25, 0.3) is 0 Å². The maximum absolute atomic E-state index is 11.5. The molecule has 0 N–H and O–H groups in total. The second-order valence-corrected chi connectivity index (χ2v) is 4.14. The highest BCUT2D eigenvalue weighted by Crippen LogP contribution is 2.10. The molecule has 0 radical (unpaired) electrons. The van der Waals surface area contributed by atoms with Crippen molar-refractivity contribution in [2.75, 3.05) is 6.61 Å². The SMILES string of the molecule is CC(C)C(=O)COC(=O)c1ccc(Cl)cc1. The van der Waals surface area contributed by atoms with Gasteiger partial charge in [0.2, 0.25) is 0 Å². The molecule has 16 heavy (non-hydrogen) atoms. The molecule has 0 aliphatic carbocycles. The summed E-state index contributed by atoms with van der Waals surface area (Å²) in [5.74, 6) is -0.731. The number of rotatable bonds is 4. The first-order chi connectivity index (χ1) is 7.50. The second-order valence-electron chi connectivity index (χ2n) is 3.70. The first kappa shape index (κ1) is 12.7. The summed E-state index contributed by atoms with van der Waals surface area (Å²) in [6.07, 6.45) is 0. The van der Waals surface area contributed by atoms with E-state index in [9.17, 15) is 9.59 Å². The lowest BCUT2D eigenvalue weighted by molar-refractivity contribution is -0.125. The fourth-order valence-electron chi connectivity index (χ4n) is 0.973. The Hall–Kier alpha value is -1.35. The summed E-state index contributed by atoms with van der Waals surface area (Å²) in [5, 5.41) is 0.551. The van der Waals surface area contributed by atoms with Crippen LogP contribution >= 0.6 is 11.6 Å². The minimum absolute atomic E-state index is 0.0951. The van der Waals surface area contributed by atoms with E-state index in [0.717, 1.165) is 0 Å². The van der Waals surface area contributed by atoms with Crippen LogP contribution in [0.15, 0.2) is 24.3 Å². The number of esters is 1. The van der Waals surface area contributed by atoms with Crippen molar-refractivity contribution in [3.63, 3.8) is 0 Å². The van der Waals surface area contributed by atoms with Crippen LogP contribution in [-0.4, -0.2) is 18.4 Å². The average molecular weight is 241 g/mol. The molecule has 4 heteroatoms. The van der Waals surface area contributed by atoms with Crippen LogP contribution in [0.2, 0.25) is 5.02 Å².